The van der Waals surface area contributed by atoms with E-state index in [1.54, 1.807) is 27.7 Å². The number of nitrogens with two attached hydrogens (primary N) is 2. The van der Waals surface area contributed by atoms with Crippen LogP contribution >= 0.6 is 0 Å². The molecule has 1 aliphatic heterocycles. The average Bonchev–Trinajstić information content (AvgIpc) is 2.50. The van der Waals surface area contributed by atoms with Crippen molar-refractivity contribution in [3.63, 3.8) is 0 Å². The fourth-order valence-corrected chi connectivity index (χ4v) is 2.57. The van der Waals surface area contributed by atoms with Gasteiger partial charge in [0.2, 0.25) is 0 Å². The zero-order valence-electron chi connectivity index (χ0n) is 12.6. The van der Waals surface area contributed by atoms with Crippen molar-refractivity contribution >= 4 is 5.78 Å². The molecule has 1 aliphatic rings. The average molecular weight is 274 g/mol. The molecule has 0 aromatic rings. The van der Waals surface area contributed by atoms with Gasteiger partial charge in [-0.05, 0) is 41.5 Å². The molecule has 0 radical (unpaired) electrons. The van der Waals surface area contributed by atoms with Gasteiger partial charge in [-0.25, -0.2) is 0 Å². The minimum Gasteiger partial charge on any atom is -0.383 e. The molecular formula is C13H26N2O4. The number of aliphatic hydroxyl groups is 1. The van der Waals surface area contributed by atoms with Gasteiger partial charge in [-0.1, -0.05) is 0 Å². The number of ketones is 1. The number of Topliss-reactive ketones (excluding diaryl/α,β-unsaturated/α-hetero) is 1. The highest BCUT2D eigenvalue weighted by molar-refractivity contribution is 5.82. The Labute approximate surface area is 114 Å². The van der Waals surface area contributed by atoms with Crippen LogP contribution in [0.5, 0.6) is 0 Å². The maximum Gasteiger partial charge on any atom is 0.163 e. The van der Waals surface area contributed by atoms with Crippen molar-refractivity contribution in [2.45, 2.75) is 76.7 Å². The molecule has 1 rings (SSSR count). The number of rotatable bonds is 4. The second kappa shape index (κ2) is 4.79. The Balaban J connectivity index is 3.07. The first-order chi connectivity index (χ1) is 8.33. The molecule has 2 unspecified atom stereocenters. The highest BCUT2D eigenvalue weighted by Crippen LogP contribution is 2.37. The normalized spacial score (nSPS) is 34.4. The van der Waals surface area contributed by atoms with Crippen molar-refractivity contribution in [3.05, 3.63) is 0 Å². The highest BCUT2D eigenvalue weighted by atomic mass is 16.8. The smallest absolute Gasteiger partial charge is 0.163 e. The van der Waals surface area contributed by atoms with Crippen LogP contribution in [0.25, 0.3) is 0 Å². The number of carbonyl (C=O) groups is 1. The minimum absolute atomic E-state index is 0.285. The van der Waals surface area contributed by atoms with E-state index in [0.717, 1.165) is 0 Å². The molecule has 0 aliphatic carbocycles. The molecular weight excluding hydrogens is 248 g/mol. The Morgan fingerprint density at radius 1 is 1.32 bits per heavy atom. The fraction of sp³-hybridized carbons (Fsp3) is 0.923. The summed E-state index contributed by atoms with van der Waals surface area (Å²) in [7, 11) is 0. The van der Waals surface area contributed by atoms with E-state index in [1.807, 2.05) is 6.92 Å². The lowest BCUT2D eigenvalue weighted by Crippen LogP contribution is -2.75. The van der Waals surface area contributed by atoms with Crippen LogP contribution in [0.2, 0.25) is 0 Å². The summed E-state index contributed by atoms with van der Waals surface area (Å²) in [5, 5.41) is 10.0. The number of ether oxygens (including phenoxy) is 2. The van der Waals surface area contributed by atoms with Crippen LogP contribution in [-0.4, -0.2) is 46.1 Å². The lowest BCUT2D eigenvalue weighted by molar-refractivity contribution is -0.156. The lowest BCUT2D eigenvalue weighted by Gasteiger charge is -2.47. The molecule has 0 saturated carbocycles. The Morgan fingerprint density at radius 2 is 1.79 bits per heavy atom. The summed E-state index contributed by atoms with van der Waals surface area (Å²) in [5.41, 5.74) is 9.98. The molecule has 0 spiro atoms. The van der Waals surface area contributed by atoms with Crippen LogP contribution in [0, 0.1) is 0 Å². The second-order valence-corrected chi connectivity index (χ2v) is 6.34. The number of hydrogen-bond acceptors (Lipinski definition) is 6. The summed E-state index contributed by atoms with van der Waals surface area (Å²) in [6.45, 7) is 9.92. The van der Waals surface area contributed by atoms with E-state index >= 15 is 0 Å². The van der Waals surface area contributed by atoms with Gasteiger partial charge >= 0.3 is 0 Å². The molecule has 0 aromatic heterocycles. The van der Waals surface area contributed by atoms with Crippen molar-refractivity contribution in [3.8, 4) is 0 Å². The van der Waals surface area contributed by atoms with Gasteiger partial charge < -0.3 is 26.0 Å². The molecule has 0 amide bonds. The summed E-state index contributed by atoms with van der Waals surface area (Å²) in [6.07, 6.45) is -2.17. The maximum absolute atomic E-state index is 11.4. The largest absolute Gasteiger partial charge is 0.383 e. The molecule has 5 atom stereocenters. The van der Waals surface area contributed by atoms with E-state index in [9.17, 15) is 9.90 Å². The first-order valence-corrected chi connectivity index (χ1v) is 6.45. The van der Waals surface area contributed by atoms with Crippen LogP contribution in [0.1, 0.15) is 41.5 Å². The van der Waals surface area contributed by atoms with Gasteiger partial charge in [0, 0.05) is 0 Å². The van der Waals surface area contributed by atoms with Gasteiger partial charge in [-0.3, -0.25) is 4.79 Å². The van der Waals surface area contributed by atoms with Crippen molar-refractivity contribution in [2.75, 3.05) is 0 Å². The SMILES string of the molecule is CC(=O)C(O)[C@](C)(N)C(C)(N)[C@H]1OC(C)(C)O[C@H]1C. The number of carbonyl (C=O) groups excluding carboxylic acids is 1. The molecule has 5 N–H and O–H groups in total. The number of hydrogen-bond donors (Lipinski definition) is 3. The van der Waals surface area contributed by atoms with Crippen LogP contribution < -0.4 is 11.5 Å². The fourth-order valence-electron chi connectivity index (χ4n) is 2.57. The van der Waals surface area contributed by atoms with Crippen LogP contribution in [0.3, 0.4) is 0 Å². The predicted octanol–water partition coefficient (Wildman–Crippen LogP) is -0.0889. The minimum atomic E-state index is -1.36. The molecule has 1 heterocycles. The van der Waals surface area contributed by atoms with Gasteiger partial charge in [-0.2, -0.15) is 0 Å². The van der Waals surface area contributed by atoms with Crippen molar-refractivity contribution < 1.29 is 19.4 Å². The zero-order chi connectivity index (χ0) is 15.2. The number of aliphatic hydroxyl groups excluding tert-OH is 1. The van der Waals surface area contributed by atoms with E-state index in [-0.39, 0.29) is 6.10 Å². The standard InChI is InChI=1S/C13H26N2O4/c1-7(16)9(17)12(5,14)13(6,15)10-8(2)18-11(3,4)19-10/h8-10,17H,14-15H2,1-6H3/t8-,9?,10-,12-,13?/m0/s1. The predicted molar refractivity (Wildman–Crippen MR) is 71.4 cm³/mol. The molecule has 0 bridgehead atoms. The summed E-state index contributed by atoms with van der Waals surface area (Å²) in [4.78, 5) is 11.4. The lowest BCUT2D eigenvalue weighted by atomic mass is 9.71. The Kier molecular flexibility index (Phi) is 4.16. The van der Waals surface area contributed by atoms with Gasteiger partial charge in [0.15, 0.2) is 11.6 Å². The van der Waals surface area contributed by atoms with E-state index < -0.39 is 34.9 Å². The van der Waals surface area contributed by atoms with Gasteiger partial charge in [0.05, 0.1) is 17.2 Å². The molecule has 1 saturated heterocycles. The first-order valence-electron chi connectivity index (χ1n) is 6.45. The highest BCUT2D eigenvalue weighted by Gasteiger charge is 2.56. The van der Waals surface area contributed by atoms with E-state index in [1.165, 1.54) is 6.92 Å². The van der Waals surface area contributed by atoms with Crippen molar-refractivity contribution in [1.29, 1.82) is 0 Å². The molecule has 6 nitrogen and oxygen atoms in total. The molecule has 1 fully saturated rings. The van der Waals surface area contributed by atoms with Gasteiger partial charge in [-0.15, -0.1) is 0 Å². The Hall–Kier alpha value is -0.530. The first kappa shape index (κ1) is 16.5. The molecule has 6 heteroatoms. The quantitative estimate of drug-likeness (QED) is 0.661. The van der Waals surface area contributed by atoms with Crippen LogP contribution in [0.4, 0.5) is 0 Å². The Bertz CT molecular complexity index is 366. The van der Waals surface area contributed by atoms with E-state index in [4.69, 9.17) is 20.9 Å². The summed E-state index contributed by atoms with van der Waals surface area (Å²) in [5.74, 6) is -1.19. The Morgan fingerprint density at radius 3 is 2.11 bits per heavy atom. The monoisotopic (exact) mass is 274 g/mol. The molecule has 112 valence electrons. The molecule has 19 heavy (non-hydrogen) atoms. The van der Waals surface area contributed by atoms with Crippen molar-refractivity contribution in [2.24, 2.45) is 11.5 Å². The van der Waals surface area contributed by atoms with Crippen LogP contribution in [-0.2, 0) is 14.3 Å². The van der Waals surface area contributed by atoms with E-state index in [0.29, 0.717) is 0 Å². The third-order valence-electron chi connectivity index (χ3n) is 4.01. The third kappa shape index (κ3) is 2.83. The maximum atomic E-state index is 11.4. The van der Waals surface area contributed by atoms with Crippen LogP contribution in [0.15, 0.2) is 0 Å². The van der Waals surface area contributed by atoms with Crippen molar-refractivity contribution in [1.82, 2.24) is 0 Å². The summed E-state index contributed by atoms with van der Waals surface area (Å²) in [6, 6.07) is 0. The summed E-state index contributed by atoms with van der Waals surface area (Å²) >= 11 is 0. The second-order valence-electron chi connectivity index (χ2n) is 6.34. The van der Waals surface area contributed by atoms with Gasteiger partial charge in [0.25, 0.3) is 0 Å². The van der Waals surface area contributed by atoms with Gasteiger partial charge in [0.1, 0.15) is 12.2 Å². The van der Waals surface area contributed by atoms with E-state index in [2.05, 4.69) is 0 Å². The molecule has 0 aromatic carbocycles. The third-order valence-corrected chi connectivity index (χ3v) is 4.01. The topological polar surface area (TPSA) is 108 Å². The summed E-state index contributed by atoms with van der Waals surface area (Å²) < 4.78 is 11.5. The zero-order valence-corrected chi connectivity index (χ0v) is 12.6.